The van der Waals surface area contributed by atoms with Crippen molar-refractivity contribution >= 4 is 14.6 Å². The Morgan fingerprint density at radius 1 is 0.919 bits per heavy atom. The predicted molar refractivity (Wildman–Crippen MR) is 151 cm³/mol. The maximum Gasteiger partial charge on any atom is 0.329 e. The first-order chi connectivity index (χ1) is 18.1. The molecule has 0 fully saturated rings. The number of rotatable bonds is 25. The summed E-state index contributed by atoms with van der Waals surface area (Å²) in [6.07, 6.45) is 15.5. The van der Waals surface area contributed by atoms with Gasteiger partial charge >= 0.3 is 14.6 Å². The Labute approximate surface area is 227 Å². The van der Waals surface area contributed by atoms with Gasteiger partial charge in [0.15, 0.2) is 0 Å². The highest BCUT2D eigenvalue weighted by Crippen LogP contribution is 2.33. The summed E-state index contributed by atoms with van der Waals surface area (Å²) < 4.78 is 22.3. The Bertz CT molecular complexity index is 678. The Morgan fingerprint density at radius 2 is 1.59 bits per heavy atom. The van der Waals surface area contributed by atoms with Crippen LogP contribution < -0.4 is 10.1 Å². The first-order valence-corrected chi connectivity index (χ1v) is 15.7. The normalized spacial score (nSPS) is 12.9. The van der Waals surface area contributed by atoms with Gasteiger partial charge in [0.2, 0.25) is 0 Å². The number of benzene rings is 1. The van der Waals surface area contributed by atoms with Gasteiger partial charge in [-0.05, 0) is 24.1 Å². The molecule has 0 radical (unpaired) electrons. The standard InChI is InChI=1S/C29H52NO6P/c1-4-6-7-8-9-10-11-12-13-14-15-21-33-27-19-16-18-26(23-27)24-28(36-29(31)5-2)25-35-37(32)34-22-17-20-30-3/h16,18-19,23,28,30,32H,4-15,17,20-22,24-25H2,1-3H3/p+1. The number of ether oxygens (including phenoxy) is 2. The quantitative estimate of drug-likeness (QED) is 0.0885. The van der Waals surface area contributed by atoms with Crippen LogP contribution in [0, 0.1) is 0 Å². The smallest absolute Gasteiger partial charge is 0.329 e. The molecule has 1 rings (SSSR count). The molecular weight excluding hydrogens is 489 g/mol. The highest BCUT2D eigenvalue weighted by atomic mass is 31.2. The van der Waals surface area contributed by atoms with Gasteiger partial charge in [0.1, 0.15) is 11.9 Å². The second-order valence-electron chi connectivity index (χ2n) is 9.62. The Hall–Kier alpha value is -1.24. The summed E-state index contributed by atoms with van der Waals surface area (Å²) in [5.74, 6) is 0.533. The predicted octanol–water partition coefficient (Wildman–Crippen LogP) is 6.08. The highest BCUT2D eigenvalue weighted by molar-refractivity contribution is 7.40. The molecule has 0 aliphatic heterocycles. The fraction of sp³-hybridized carbons (Fsp3) is 0.759. The van der Waals surface area contributed by atoms with Crippen LogP contribution in [-0.4, -0.2) is 50.4 Å². The molecule has 0 heterocycles. The minimum atomic E-state index is -1.99. The Balaban J connectivity index is 2.32. The van der Waals surface area contributed by atoms with E-state index in [1.165, 1.54) is 64.2 Å². The summed E-state index contributed by atoms with van der Waals surface area (Å²) >= 11 is 0. The Morgan fingerprint density at radius 3 is 2.24 bits per heavy atom. The Kier molecular flexibility index (Phi) is 21.8. The number of carbonyl (C=O) groups is 1. The zero-order valence-electron chi connectivity index (χ0n) is 23.6. The van der Waals surface area contributed by atoms with Gasteiger partial charge in [0.25, 0.3) is 0 Å². The number of unbranched alkanes of at least 4 members (excludes halogenated alkanes) is 10. The number of quaternary nitrogens is 1. The molecule has 2 unspecified atom stereocenters. The van der Waals surface area contributed by atoms with Gasteiger partial charge in [-0.1, -0.05) is 90.2 Å². The van der Waals surface area contributed by atoms with E-state index in [9.17, 15) is 9.69 Å². The first kappa shape index (κ1) is 33.8. The van der Waals surface area contributed by atoms with Crippen LogP contribution >= 0.6 is 8.60 Å². The van der Waals surface area contributed by atoms with Crippen LogP contribution in [0.3, 0.4) is 0 Å². The van der Waals surface area contributed by atoms with Gasteiger partial charge in [-0.2, -0.15) is 0 Å². The summed E-state index contributed by atoms with van der Waals surface area (Å²) in [7, 11) is -0.000615. The van der Waals surface area contributed by atoms with Crippen molar-refractivity contribution in [1.29, 1.82) is 0 Å². The minimum Gasteiger partial charge on any atom is -0.494 e. The number of esters is 1. The van der Waals surface area contributed by atoms with Crippen LogP contribution in [0.15, 0.2) is 24.3 Å². The third-order valence-electron chi connectivity index (χ3n) is 6.17. The molecule has 2 atom stereocenters. The van der Waals surface area contributed by atoms with Crippen molar-refractivity contribution in [3.63, 3.8) is 0 Å². The average molecular weight is 543 g/mol. The molecule has 3 N–H and O–H groups in total. The van der Waals surface area contributed by atoms with Crippen molar-refractivity contribution in [1.82, 2.24) is 0 Å². The molecule has 1 aromatic rings. The van der Waals surface area contributed by atoms with Gasteiger partial charge in [-0.25, -0.2) is 0 Å². The lowest BCUT2D eigenvalue weighted by Crippen LogP contribution is -2.79. The van der Waals surface area contributed by atoms with E-state index >= 15 is 0 Å². The molecule has 0 aliphatic rings. The fourth-order valence-electron chi connectivity index (χ4n) is 4.00. The third kappa shape index (κ3) is 19.5. The average Bonchev–Trinajstić information content (AvgIpc) is 2.90. The van der Waals surface area contributed by atoms with E-state index in [1.807, 2.05) is 31.3 Å². The van der Waals surface area contributed by atoms with E-state index in [0.717, 1.165) is 30.7 Å². The van der Waals surface area contributed by atoms with E-state index in [0.29, 0.717) is 19.6 Å². The van der Waals surface area contributed by atoms with Gasteiger partial charge < -0.3 is 28.7 Å². The maximum atomic E-state index is 11.9. The molecule has 0 saturated carbocycles. The molecule has 37 heavy (non-hydrogen) atoms. The third-order valence-corrected chi connectivity index (χ3v) is 6.95. The zero-order chi connectivity index (χ0) is 27.0. The van der Waals surface area contributed by atoms with Crippen molar-refractivity contribution in [2.24, 2.45) is 0 Å². The summed E-state index contributed by atoms with van der Waals surface area (Å²) in [6, 6.07) is 7.89. The zero-order valence-corrected chi connectivity index (χ0v) is 24.5. The molecule has 8 heteroatoms. The number of hydrogen-bond donors (Lipinski definition) is 2. The highest BCUT2D eigenvalue weighted by Gasteiger charge is 2.18. The summed E-state index contributed by atoms with van der Waals surface area (Å²) in [6.45, 7) is 6.18. The molecule has 0 aromatic heterocycles. The van der Waals surface area contributed by atoms with Crippen LogP contribution in [0.5, 0.6) is 5.75 Å². The van der Waals surface area contributed by atoms with E-state index < -0.39 is 14.7 Å². The lowest BCUT2D eigenvalue weighted by atomic mass is 10.1. The summed E-state index contributed by atoms with van der Waals surface area (Å²) in [5, 5.41) is 2.06. The second kappa shape index (κ2) is 23.8. The maximum absolute atomic E-state index is 11.9. The van der Waals surface area contributed by atoms with Gasteiger partial charge in [0, 0.05) is 19.3 Å². The van der Waals surface area contributed by atoms with Crippen LogP contribution in [0.1, 0.15) is 103 Å². The van der Waals surface area contributed by atoms with Crippen LogP contribution in [0.2, 0.25) is 0 Å². The molecule has 0 spiro atoms. The largest absolute Gasteiger partial charge is 0.494 e. The van der Waals surface area contributed by atoms with Crippen molar-refractivity contribution in [3.05, 3.63) is 29.8 Å². The molecule has 0 bridgehead atoms. The number of carbonyl (C=O) groups excluding carboxylic acids is 1. The molecule has 0 saturated heterocycles. The second-order valence-corrected chi connectivity index (χ2v) is 10.6. The molecule has 1 aromatic carbocycles. The first-order valence-electron chi connectivity index (χ1n) is 14.5. The lowest BCUT2D eigenvalue weighted by Gasteiger charge is -2.19. The summed E-state index contributed by atoms with van der Waals surface area (Å²) in [4.78, 5) is 21.9. The molecule has 0 aliphatic carbocycles. The molecule has 7 nitrogen and oxygen atoms in total. The SMILES string of the molecule is CCCCCCCCCCCCCOc1cccc(CC(COP(O)OCCC[NH2+]C)OC(=O)CC)c1. The van der Waals surface area contributed by atoms with E-state index in [1.54, 1.807) is 6.92 Å². The minimum absolute atomic E-state index is 0.0810. The molecular formula is C29H53NO6P+. The fourth-order valence-corrected chi connectivity index (χ4v) is 4.65. The lowest BCUT2D eigenvalue weighted by molar-refractivity contribution is -0.627. The topological polar surface area (TPSA) is 90.8 Å². The summed E-state index contributed by atoms with van der Waals surface area (Å²) in [5.41, 5.74) is 0.996. The molecule has 214 valence electrons. The van der Waals surface area contributed by atoms with Gasteiger partial charge in [0.05, 0.1) is 33.4 Å². The van der Waals surface area contributed by atoms with E-state index in [4.69, 9.17) is 18.5 Å². The van der Waals surface area contributed by atoms with Crippen molar-refractivity contribution < 1.29 is 33.5 Å². The number of nitrogens with two attached hydrogens (primary N) is 1. The van der Waals surface area contributed by atoms with Gasteiger partial charge in [-0.15, -0.1) is 0 Å². The van der Waals surface area contributed by atoms with Crippen molar-refractivity contribution in [2.75, 3.05) is 33.4 Å². The monoisotopic (exact) mass is 542 g/mol. The molecule has 0 amide bonds. The van der Waals surface area contributed by atoms with E-state index in [-0.39, 0.29) is 19.0 Å². The van der Waals surface area contributed by atoms with Crippen LogP contribution in [-0.2, 0) is 25.0 Å². The van der Waals surface area contributed by atoms with E-state index in [2.05, 4.69) is 12.2 Å². The van der Waals surface area contributed by atoms with Gasteiger partial charge in [-0.3, -0.25) is 4.79 Å². The van der Waals surface area contributed by atoms with Crippen molar-refractivity contribution in [2.45, 2.75) is 110 Å². The van der Waals surface area contributed by atoms with Crippen molar-refractivity contribution in [3.8, 4) is 5.75 Å². The van der Waals surface area contributed by atoms with Crippen LogP contribution in [0.4, 0.5) is 0 Å². The number of hydrogen-bond acceptors (Lipinski definition) is 6. The van der Waals surface area contributed by atoms with Crippen LogP contribution in [0.25, 0.3) is 0 Å².